The normalized spacial score (nSPS) is 34.1. The van der Waals surface area contributed by atoms with E-state index < -0.39 is 12.3 Å². The molecule has 7 nitrogen and oxygen atoms in total. The van der Waals surface area contributed by atoms with Crippen LogP contribution < -0.4 is 0 Å². The first kappa shape index (κ1) is 17.3. The molecule has 0 bridgehead atoms. The quantitative estimate of drug-likeness (QED) is 0.698. The molecule has 1 aliphatic rings. The predicted octanol–water partition coefficient (Wildman–Crippen LogP) is 0.515. The highest BCUT2D eigenvalue weighted by Gasteiger charge is 2.46. The van der Waals surface area contributed by atoms with E-state index in [0.29, 0.717) is 0 Å². The van der Waals surface area contributed by atoms with Crippen LogP contribution in [0.25, 0.3) is 0 Å². The van der Waals surface area contributed by atoms with Crippen molar-refractivity contribution in [1.82, 2.24) is 0 Å². The fourth-order valence-corrected chi connectivity index (χ4v) is 2.62. The van der Waals surface area contributed by atoms with Gasteiger partial charge < -0.3 is 28.8 Å². The van der Waals surface area contributed by atoms with Crippen molar-refractivity contribution >= 4 is 5.97 Å². The summed E-state index contributed by atoms with van der Waals surface area (Å²) in [5.74, 6) is -0.958. The van der Waals surface area contributed by atoms with Crippen molar-refractivity contribution in [3.63, 3.8) is 0 Å². The monoisotopic (exact) mass is 292 g/mol. The molecule has 1 fully saturated rings. The molecule has 1 N–H and O–H groups in total. The maximum atomic E-state index is 10.5. The van der Waals surface area contributed by atoms with Gasteiger partial charge in [0, 0.05) is 27.2 Å². The summed E-state index contributed by atoms with van der Waals surface area (Å²) in [7, 11) is 4.73. The van der Waals surface area contributed by atoms with Crippen LogP contribution in [0.3, 0.4) is 0 Å². The van der Waals surface area contributed by atoms with Crippen LogP contribution in [0.15, 0.2) is 0 Å². The molecule has 7 heteroatoms. The molecule has 0 aliphatic carbocycles. The Morgan fingerprint density at radius 2 is 1.80 bits per heavy atom. The maximum absolute atomic E-state index is 10.5. The van der Waals surface area contributed by atoms with Gasteiger partial charge in [-0.3, -0.25) is 0 Å². The highest BCUT2D eigenvalue weighted by molar-refractivity contribution is 5.67. The van der Waals surface area contributed by atoms with Gasteiger partial charge in [0.05, 0.1) is 18.8 Å². The summed E-state index contributed by atoms with van der Waals surface area (Å²) in [4.78, 5) is 10.5. The summed E-state index contributed by atoms with van der Waals surface area (Å²) in [6.45, 7) is 1.85. The lowest BCUT2D eigenvalue weighted by Gasteiger charge is -2.44. The van der Waals surface area contributed by atoms with E-state index in [1.807, 2.05) is 6.92 Å². The maximum Gasteiger partial charge on any atom is 0.329 e. The van der Waals surface area contributed by atoms with Gasteiger partial charge in [0.2, 0.25) is 0 Å². The molecular formula is C13H24O7. The van der Waals surface area contributed by atoms with Gasteiger partial charge in [-0.15, -0.1) is 0 Å². The van der Waals surface area contributed by atoms with Crippen LogP contribution in [0.2, 0.25) is 0 Å². The minimum Gasteiger partial charge on any atom is -0.480 e. The van der Waals surface area contributed by atoms with Gasteiger partial charge in [0.25, 0.3) is 0 Å². The zero-order chi connectivity index (χ0) is 15.1. The summed E-state index contributed by atoms with van der Waals surface area (Å²) in [5.41, 5.74) is 0. The smallest absolute Gasteiger partial charge is 0.329 e. The van der Waals surface area contributed by atoms with E-state index >= 15 is 0 Å². The van der Waals surface area contributed by atoms with Crippen molar-refractivity contribution in [3.05, 3.63) is 0 Å². The van der Waals surface area contributed by atoms with E-state index in [2.05, 4.69) is 0 Å². The fraction of sp³-hybridized carbons (Fsp3) is 0.923. The lowest BCUT2D eigenvalue weighted by atomic mass is 9.87. The van der Waals surface area contributed by atoms with Gasteiger partial charge in [0.15, 0.2) is 6.29 Å². The first-order valence-electron chi connectivity index (χ1n) is 6.62. The third-order valence-electron chi connectivity index (χ3n) is 3.56. The molecule has 1 aliphatic heterocycles. The molecule has 1 heterocycles. The van der Waals surface area contributed by atoms with E-state index in [1.165, 1.54) is 7.11 Å². The Balaban J connectivity index is 2.74. The minimum atomic E-state index is -1.00. The Bertz CT molecular complexity index is 296. The Kier molecular flexibility index (Phi) is 7.39. The molecule has 1 rings (SSSR count). The molecular weight excluding hydrogens is 268 g/mol. The number of carboxylic acid groups (broad SMARTS) is 1. The SMILES string of the molecule is CCC1C(COCC(=O)O)OC(OC)C(OC)C1OC. The molecule has 0 spiro atoms. The van der Waals surface area contributed by atoms with Gasteiger partial charge in [-0.05, 0) is 6.42 Å². The van der Waals surface area contributed by atoms with Crippen molar-refractivity contribution < 1.29 is 33.6 Å². The van der Waals surface area contributed by atoms with E-state index in [1.54, 1.807) is 14.2 Å². The van der Waals surface area contributed by atoms with E-state index in [0.717, 1.165) is 6.42 Å². The largest absolute Gasteiger partial charge is 0.480 e. The van der Waals surface area contributed by atoms with Gasteiger partial charge in [-0.25, -0.2) is 4.79 Å². The van der Waals surface area contributed by atoms with Crippen molar-refractivity contribution in [2.45, 2.75) is 37.9 Å². The van der Waals surface area contributed by atoms with Crippen molar-refractivity contribution in [2.24, 2.45) is 5.92 Å². The highest BCUT2D eigenvalue weighted by atomic mass is 16.7. The Morgan fingerprint density at radius 1 is 1.15 bits per heavy atom. The van der Waals surface area contributed by atoms with Crippen LogP contribution in [0.5, 0.6) is 0 Å². The van der Waals surface area contributed by atoms with Crippen molar-refractivity contribution in [1.29, 1.82) is 0 Å². The number of hydrogen-bond donors (Lipinski definition) is 1. The Hall–Kier alpha value is -0.730. The molecule has 0 aromatic heterocycles. The first-order chi connectivity index (χ1) is 9.58. The first-order valence-corrected chi connectivity index (χ1v) is 6.62. The van der Waals surface area contributed by atoms with E-state index in [9.17, 15) is 4.79 Å². The summed E-state index contributed by atoms with van der Waals surface area (Å²) < 4.78 is 27.2. The molecule has 20 heavy (non-hydrogen) atoms. The number of carbonyl (C=O) groups is 1. The summed E-state index contributed by atoms with van der Waals surface area (Å²) in [5, 5.41) is 8.61. The lowest BCUT2D eigenvalue weighted by molar-refractivity contribution is -0.293. The average Bonchev–Trinajstić information content (AvgIpc) is 2.44. The molecule has 0 saturated carbocycles. The average molecular weight is 292 g/mol. The van der Waals surface area contributed by atoms with Gasteiger partial charge in [-0.1, -0.05) is 6.92 Å². The predicted molar refractivity (Wildman–Crippen MR) is 69.5 cm³/mol. The van der Waals surface area contributed by atoms with Crippen LogP contribution in [-0.2, 0) is 28.5 Å². The van der Waals surface area contributed by atoms with Gasteiger partial charge in [0.1, 0.15) is 12.7 Å². The second-order valence-electron chi connectivity index (χ2n) is 4.66. The number of carboxylic acids is 1. The fourth-order valence-electron chi connectivity index (χ4n) is 2.62. The number of methoxy groups -OCH3 is 3. The highest BCUT2D eigenvalue weighted by Crippen LogP contribution is 2.32. The summed E-state index contributed by atoms with van der Waals surface area (Å²) >= 11 is 0. The number of ether oxygens (including phenoxy) is 5. The molecule has 0 amide bonds. The van der Waals surface area contributed by atoms with Crippen LogP contribution in [0, 0.1) is 5.92 Å². The van der Waals surface area contributed by atoms with Gasteiger partial charge in [-0.2, -0.15) is 0 Å². The Morgan fingerprint density at radius 3 is 2.25 bits per heavy atom. The molecule has 118 valence electrons. The topological polar surface area (TPSA) is 83.5 Å². The van der Waals surface area contributed by atoms with Crippen LogP contribution in [0.4, 0.5) is 0 Å². The summed E-state index contributed by atoms with van der Waals surface area (Å²) in [6.07, 6.45) is -0.574. The third-order valence-corrected chi connectivity index (χ3v) is 3.56. The number of hydrogen-bond acceptors (Lipinski definition) is 6. The van der Waals surface area contributed by atoms with Crippen LogP contribution >= 0.6 is 0 Å². The van der Waals surface area contributed by atoms with Crippen molar-refractivity contribution in [2.75, 3.05) is 34.5 Å². The Labute approximate surface area is 119 Å². The van der Waals surface area contributed by atoms with Gasteiger partial charge >= 0.3 is 5.97 Å². The minimum absolute atomic E-state index is 0.0464. The standard InChI is InChI=1S/C13H24O7/c1-5-8-9(6-19-7-10(14)15)20-13(18-4)12(17-3)11(8)16-2/h8-9,11-13H,5-7H2,1-4H3,(H,14,15). The van der Waals surface area contributed by atoms with Crippen LogP contribution in [-0.4, -0.2) is 70.2 Å². The van der Waals surface area contributed by atoms with E-state index in [-0.39, 0.29) is 37.4 Å². The molecule has 1 saturated heterocycles. The molecule has 5 unspecified atom stereocenters. The second kappa shape index (κ2) is 8.53. The number of rotatable bonds is 8. The van der Waals surface area contributed by atoms with E-state index in [4.69, 9.17) is 28.8 Å². The molecule has 5 atom stereocenters. The number of aliphatic carboxylic acids is 1. The zero-order valence-corrected chi connectivity index (χ0v) is 12.4. The van der Waals surface area contributed by atoms with Crippen LogP contribution in [0.1, 0.15) is 13.3 Å². The van der Waals surface area contributed by atoms with Crippen molar-refractivity contribution in [3.8, 4) is 0 Å². The molecule has 0 radical (unpaired) electrons. The zero-order valence-electron chi connectivity index (χ0n) is 12.4. The third kappa shape index (κ3) is 4.13. The molecule has 0 aromatic carbocycles. The summed E-state index contributed by atoms with van der Waals surface area (Å²) in [6, 6.07) is 0. The second-order valence-corrected chi connectivity index (χ2v) is 4.66. The lowest BCUT2D eigenvalue weighted by Crippen LogP contribution is -2.57. The molecule has 0 aromatic rings.